The molecule has 0 amide bonds. The maximum Gasteiger partial charge on any atom is 0.356 e. The molecule has 9 heteroatoms. The first-order chi connectivity index (χ1) is 22.4. The van der Waals surface area contributed by atoms with Gasteiger partial charge in [-0.3, -0.25) is 4.79 Å². The number of oxime groups is 1. The van der Waals surface area contributed by atoms with Gasteiger partial charge in [0.25, 0.3) is 0 Å². The zero-order valence-electron chi connectivity index (χ0n) is 27.9. The largest absolute Gasteiger partial charge is 0.497 e. The molecule has 1 saturated heterocycles. The summed E-state index contributed by atoms with van der Waals surface area (Å²) in [4.78, 5) is 35.4. The summed E-state index contributed by atoms with van der Waals surface area (Å²) in [5.74, 6) is 0.168. The summed E-state index contributed by atoms with van der Waals surface area (Å²) in [6, 6.07) is 15.6. The molecule has 9 atom stereocenters. The molecule has 9 nitrogen and oxygen atoms in total. The predicted molar refractivity (Wildman–Crippen MR) is 172 cm³/mol. The number of methoxy groups -OCH3 is 2. The number of fused-ring (bicyclic) bond motifs is 5. The van der Waals surface area contributed by atoms with Gasteiger partial charge >= 0.3 is 5.97 Å². The lowest BCUT2D eigenvalue weighted by Gasteiger charge is -2.54. The van der Waals surface area contributed by atoms with Crippen LogP contribution in [0.4, 0.5) is 0 Å². The minimum Gasteiger partial charge on any atom is -0.497 e. The second-order valence-corrected chi connectivity index (χ2v) is 15.3. The average molecular weight is 642 g/mol. The zero-order valence-corrected chi connectivity index (χ0v) is 27.9. The summed E-state index contributed by atoms with van der Waals surface area (Å²) in [5.41, 5.74) is -1.09. The van der Waals surface area contributed by atoms with Gasteiger partial charge in [0, 0.05) is 34.7 Å². The molecule has 2 heterocycles. The quantitative estimate of drug-likeness (QED) is 0.279. The van der Waals surface area contributed by atoms with Crippen LogP contribution < -0.4 is 9.47 Å². The molecule has 2 aromatic rings. The Labute approximate surface area is 275 Å². The lowest BCUT2D eigenvalue weighted by Crippen LogP contribution is -2.67. The van der Waals surface area contributed by atoms with E-state index in [2.05, 4.69) is 36.4 Å². The van der Waals surface area contributed by atoms with E-state index in [-0.39, 0.29) is 29.2 Å². The van der Waals surface area contributed by atoms with Crippen LogP contribution >= 0.6 is 0 Å². The molecule has 0 N–H and O–H groups in total. The first kappa shape index (κ1) is 30.6. The van der Waals surface area contributed by atoms with Crippen molar-refractivity contribution in [2.24, 2.45) is 27.8 Å². The van der Waals surface area contributed by atoms with Gasteiger partial charge in [-0.05, 0) is 68.9 Å². The van der Waals surface area contributed by atoms with E-state index in [0.717, 1.165) is 42.6 Å². The van der Waals surface area contributed by atoms with Crippen LogP contribution in [0.1, 0.15) is 77.2 Å². The predicted octanol–water partition coefficient (Wildman–Crippen LogP) is 6.25. The number of ketones is 1. The van der Waals surface area contributed by atoms with Crippen LogP contribution in [-0.2, 0) is 34.1 Å². The van der Waals surface area contributed by atoms with Gasteiger partial charge in [-0.2, -0.15) is 0 Å². The van der Waals surface area contributed by atoms with Crippen molar-refractivity contribution in [1.82, 2.24) is 0 Å². The van der Waals surface area contributed by atoms with Gasteiger partial charge in [-0.1, -0.05) is 61.3 Å². The van der Waals surface area contributed by atoms with Gasteiger partial charge in [0.1, 0.15) is 29.3 Å². The average Bonchev–Trinajstić information content (AvgIpc) is 3.81. The van der Waals surface area contributed by atoms with E-state index in [9.17, 15) is 4.79 Å². The Bertz CT molecular complexity index is 1680. The molecular formula is C38H43NO8. The molecule has 0 radical (unpaired) electrons. The van der Waals surface area contributed by atoms with Gasteiger partial charge in [-0.15, -0.1) is 0 Å². The summed E-state index contributed by atoms with van der Waals surface area (Å²) >= 11 is 0. The molecule has 2 unspecified atom stereocenters. The molecule has 1 spiro atoms. The molecule has 6 aliphatic rings. The highest BCUT2D eigenvalue weighted by atomic mass is 16.8. The lowest BCUT2D eigenvalue weighted by molar-refractivity contribution is -0.205. The second-order valence-electron chi connectivity index (χ2n) is 15.3. The Morgan fingerprint density at radius 3 is 2.23 bits per heavy atom. The van der Waals surface area contributed by atoms with Gasteiger partial charge in [0.05, 0.1) is 14.2 Å². The van der Waals surface area contributed by atoms with Crippen molar-refractivity contribution in [3.8, 4) is 11.5 Å². The summed E-state index contributed by atoms with van der Waals surface area (Å²) in [6.45, 7) is 7.86. The fourth-order valence-corrected chi connectivity index (χ4v) is 10.4. The Morgan fingerprint density at radius 1 is 0.915 bits per heavy atom. The maximum absolute atomic E-state index is 15.2. The molecule has 47 heavy (non-hydrogen) atoms. The summed E-state index contributed by atoms with van der Waals surface area (Å²) in [5, 5.41) is 4.46. The SMILES string of the molecule is COc1ccc(C2O[C@H]3C(=O)[C@H]4[C@@H]([C@@]5(CC(C(=O)OC(C)(C)C)=NO5)[C@H]3O2)[C@@]23C=CC4(c4ccc(OC)cc4)[C@]2(C)CCCC3)cc1. The molecule has 3 saturated carbocycles. The highest BCUT2D eigenvalue weighted by Gasteiger charge is 2.85. The van der Waals surface area contributed by atoms with E-state index in [1.54, 1.807) is 14.2 Å². The number of hydrogen-bond acceptors (Lipinski definition) is 9. The van der Waals surface area contributed by atoms with Crippen molar-refractivity contribution < 1.29 is 38.1 Å². The van der Waals surface area contributed by atoms with E-state index in [4.69, 9.17) is 28.5 Å². The van der Waals surface area contributed by atoms with Gasteiger partial charge in [-0.25, -0.2) is 4.79 Å². The summed E-state index contributed by atoms with van der Waals surface area (Å²) in [6.07, 6.45) is 6.31. The number of hydrogen-bond donors (Lipinski definition) is 0. The number of esters is 1. The van der Waals surface area contributed by atoms with Crippen LogP contribution in [0.5, 0.6) is 11.5 Å². The molecular weight excluding hydrogens is 598 g/mol. The van der Waals surface area contributed by atoms with Crippen molar-refractivity contribution in [2.45, 2.75) is 94.9 Å². The van der Waals surface area contributed by atoms with Crippen molar-refractivity contribution in [3.63, 3.8) is 0 Å². The molecule has 248 valence electrons. The van der Waals surface area contributed by atoms with Gasteiger partial charge < -0.3 is 28.5 Å². The van der Waals surface area contributed by atoms with Crippen LogP contribution in [0.3, 0.4) is 0 Å². The number of allylic oxidation sites excluding steroid dienone is 2. The third-order valence-electron chi connectivity index (χ3n) is 12.3. The fraction of sp³-hybridized carbons (Fsp3) is 0.553. The maximum atomic E-state index is 15.2. The molecule has 0 aromatic heterocycles. The Kier molecular flexibility index (Phi) is 6.62. The molecule has 8 rings (SSSR count). The number of rotatable bonds is 5. The number of Topliss-reactive ketones (excluding diaryl/α,β-unsaturated/α-hetero) is 1. The third kappa shape index (κ3) is 3.93. The first-order valence-electron chi connectivity index (χ1n) is 16.7. The monoisotopic (exact) mass is 641 g/mol. The molecule has 4 fully saturated rings. The minimum atomic E-state index is -1.13. The topological polar surface area (TPSA) is 102 Å². The van der Waals surface area contributed by atoms with Crippen LogP contribution in [0.2, 0.25) is 0 Å². The molecule has 2 aromatic carbocycles. The minimum absolute atomic E-state index is 0.0196. The van der Waals surface area contributed by atoms with E-state index in [1.807, 2.05) is 57.2 Å². The highest BCUT2D eigenvalue weighted by molar-refractivity contribution is 6.37. The number of nitrogens with zero attached hydrogens (tertiary/aromatic N) is 1. The number of benzene rings is 2. The van der Waals surface area contributed by atoms with Crippen LogP contribution in [-0.4, -0.2) is 55.1 Å². The Hall–Kier alpha value is -3.69. The third-order valence-corrected chi connectivity index (χ3v) is 12.3. The van der Waals surface area contributed by atoms with Crippen LogP contribution in [0, 0.1) is 22.7 Å². The normalized spacial score (nSPS) is 39.6. The van der Waals surface area contributed by atoms with Crippen molar-refractivity contribution in [3.05, 3.63) is 71.8 Å². The highest BCUT2D eigenvalue weighted by Crippen LogP contribution is 2.82. The van der Waals surface area contributed by atoms with E-state index >= 15 is 4.79 Å². The van der Waals surface area contributed by atoms with E-state index < -0.39 is 52.4 Å². The smallest absolute Gasteiger partial charge is 0.356 e. The summed E-state index contributed by atoms with van der Waals surface area (Å²) < 4.78 is 30.1. The Morgan fingerprint density at radius 2 is 1.57 bits per heavy atom. The van der Waals surface area contributed by atoms with E-state index in [0.29, 0.717) is 5.75 Å². The lowest BCUT2D eigenvalue weighted by atomic mass is 9.51. The van der Waals surface area contributed by atoms with Gasteiger partial charge in [0.15, 0.2) is 23.4 Å². The first-order valence-corrected chi connectivity index (χ1v) is 16.7. The van der Waals surface area contributed by atoms with Crippen molar-refractivity contribution in [2.75, 3.05) is 14.2 Å². The van der Waals surface area contributed by atoms with Crippen molar-refractivity contribution >= 4 is 17.5 Å². The Balaban J connectivity index is 1.29. The molecule has 2 bridgehead atoms. The standard InChI is InChI=1S/C38H43NO8/c1-34(2,3)46-32(41)26-21-38(47-39-26)30-27(28(40)29-31(38)45-33(44-29)22-9-13-24(42-5)14-10-22)37(23-11-15-25(43-6)16-12-23)20-19-36(30)18-8-7-17-35(36,37)4/h9-16,19-20,27,29-31,33H,7-8,17-18,21H2,1-6H3/t27-,29-,30+,31-,33?,35+,36+,37?,38-/m0/s1. The molecule has 4 aliphatic carbocycles. The fourth-order valence-electron chi connectivity index (χ4n) is 10.4. The van der Waals surface area contributed by atoms with Crippen LogP contribution in [0.15, 0.2) is 65.8 Å². The number of carbonyl (C=O) groups excluding carboxylic acids is 2. The van der Waals surface area contributed by atoms with Crippen LogP contribution in [0.25, 0.3) is 0 Å². The number of carbonyl (C=O) groups is 2. The van der Waals surface area contributed by atoms with Crippen molar-refractivity contribution in [1.29, 1.82) is 0 Å². The zero-order chi connectivity index (χ0) is 33.0. The van der Waals surface area contributed by atoms with Gasteiger partial charge in [0.2, 0.25) is 0 Å². The number of ether oxygens (including phenoxy) is 5. The van der Waals surface area contributed by atoms with E-state index in [1.165, 1.54) is 0 Å². The molecule has 2 aliphatic heterocycles. The summed E-state index contributed by atoms with van der Waals surface area (Å²) in [7, 11) is 3.28. The second kappa shape index (κ2) is 10.2.